The van der Waals surface area contributed by atoms with Crippen molar-refractivity contribution in [2.24, 2.45) is 0 Å². The first kappa shape index (κ1) is 12.2. The van der Waals surface area contributed by atoms with Gasteiger partial charge in [-0.3, -0.25) is 4.79 Å². The van der Waals surface area contributed by atoms with Crippen molar-refractivity contribution in [2.45, 2.75) is 6.10 Å². The van der Waals surface area contributed by atoms with E-state index in [1.165, 1.54) is 0 Å². The van der Waals surface area contributed by atoms with Crippen LogP contribution >= 0.6 is 11.8 Å². The van der Waals surface area contributed by atoms with Crippen molar-refractivity contribution >= 4 is 18.0 Å². The highest BCUT2D eigenvalue weighted by atomic mass is 32.2. The van der Waals surface area contributed by atoms with Gasteiger partial charge in [-0.15, -0.1) is 11.8 Å². The number of thioether (sulfide) groups is 1. The molecule has 2 rings (SSSR count). The minimum Gasteiger partial charge on any atom is -0.371 e. The summed E-state index contributed by atoms with van der Waals surface area (Å²) < 4.78 is 5.54. The molecule has 0 aromatic heterocycles. The molecular formula is C13H15NO2S. The maximum atomic E-state index is 11.0. The van der Waals surface area contributed by atoms with Gasteiger partial charge in [0.1, 0.15) is 12.4 Å². The molecule has 17 heavy (non-hydrogen) atoms. The van der Waals surface area contributed by atoms with Crippen LogP contribution in [0.1, 0.15) is 22.0 Å². The highest BCUT2D eigenvalue weighted by Gasteiger charge is 2.23. The van der Waals surface area contributed by atoms with Gasteiger partial charge in [0.05, 0.1) is 5.88 Å². The Morgan fingerprint density at radius 2 is 2.24 bits per heavy atom. The summed E-state index contributed by atoms with van der Waals surface area (Å²) in [5.41, 5.74) is 1.62. The molecular weight excluding hydrogens is 234 g/mol. The van der Waals surface area contributed by atoms with Gasteiger partial charge in [0, 0.05) is 30.8 Å². The van der Waals surface area contributed by atoms with E-state index in [1.807, 2.05) is 31.3 Å². The van der Waals surface area contributed by atoms with Crippen molar-refractivity contribution in [3.8, 4) is 0 Å². The standard InChI is InChI=1S/C13H15NO2S/c1-14-7-12(17-9-14)13(16-2)11-6-4-3-5-10(11)8-15/h3-8,13H,9H2,1-2H3. The fourth-order valence-electron chi connectivity index (χ4n) is 1.86. The second kappa shape index (κ2) is 5.38. The van der Waals surface area contributed by atoms with Crippen LogP contribution in [0.3, 0.4) is 0 Å². The summed E-state index contributed by atoms with van der Waals surface area (Å²) in [5.74, 6) is 0.929. The number of ether oxygens (including phenoxy) is 1. The first-order chi connectivity index (χ1) is 8.26. The molecule has 0 fully saturated rings. The van der Waals surface area contributed by atoms with E-state index in [9.17, 15) is 4.79 Å². The molecule has 1 aliphatic rings. The Labute approximate surface area is 105 Å². The predicted octanol–water partition coefficient (Wildman–Crippen LogP) is 2.66. The Hall–Kier alpha value is -1.26. The van der Waals surface area contributed by atoms with Crippen molar-refractivity contribution in [3.63, 3.8) is 0 Å². The van der Waals surface area contributed by atoms with Crippen molar-refractivity contribution < 1.29 is 9.53 Å². The largest absolute Gasteiger partial charge is 0.371 e. The Bertz CT molecular complexity index is 445. The summed E-state index contributed by atoms with van der Waals surface area (Å²) in [5, 5.41) is 0. The van der Waals surface area contributed by atoms with Crippen LogP contribution < -0.4 is 0 Å². The SMILES string of the molecule is COC(C1=CN(C)CS1)c1ccccc1C=O. The second-order valence-corrected chi connectivity index (χ2v) is 4.94. The molecule has 1 aliphatic heterocycles. The average Bonchev–Trinajstić information content (AvgIpc) is 2.77. The monoisotopic (exact) mass is 249 g/mol. The van der Waals surface area contributed by atoms with Gasteiger partial charge in [-0.25, -0.2) is 0 Å². The van der Waals surface area contributed by atoms with E-state index in [0.717, 1.165) is 22.6 Å². The van der Waals surface area contributed by atoms with E-state index in [1.54, 1.807) is 18.9 Å². The number of carbonyl (C=O) groups is 1. The lowest BCUT2D eigenvalue weighted by molar-refractivity contribution is 0.110. The van der Waals surface area contributed by atoms with E-state index in [4.69, 9.17) is 4.74 Å². The fraction of sp³-hybridized carbons (Fsp3) is 0.308. The lowest BCUT2D eigenvalue weighted by atomic mass is 10.0. The van der Waals surface area contributed by atoms with Crippen molar-refractivity contribution in [3.05, 3.63) is 46.5 Å². The molecule has 1 unspecified atom stereocenters. The zero-order valence-electron chi connectivity index (χ0n) is 9.92. The third-order valence-corrected chi connectivity index (χ3v) is 3.87. The smallest absolute Gasteiger partial charge is 0.150 e. The van der Waals surface area contributed by atoms with E-state index in [2.05, 4.69) is 11.1 Å². The summed E-state index contributed by atoms with van der Waals surface area (Å²) in [7, 11) is 3.70. The molecule has 1 aromatic rings. The van der Waals surface area contributed by atoms with E-state index in [-0.39, 0.29) is 6.10 Å². The zero-order chi connectivity index (χ0) is 12.3. The van der Waals surface area contributed by atoms with Gasteiger partial charge < -0.3 is 9.64 Å². The third-order valence-electron chi connectivity index (χ3n) is 2.68. The van der Waals surface area contributed by atoms with Crippen LogP contribution in [0, 0.1) is 0 Å². The quantitative estimate of drug-likeness (QED) is 0.767. The Balaban J connectivity index is 2.35. The Morgan fingerprint density at radius 1 is 1.47 bits per heavy atom. The maximum absolute atomic E-state index is 11.0. The normalized spacial score (nSPS) is 16.8. The molecule has 0 radical (unpaired) electrons. The minimum absolute atomic E-state index is 0.147. The second-order valence-electron chi connectivity index (χ2n) is 3.92. The number of hydrogen-bond donors (Lipinski definition) is 0. The van der Waals surface area contributed by atoms with E-state index < -0.39 is 0 Å². The maximum Gasteiger partial charge on any atom is 0.150 e. The molecule has 1 heterocycles. The molecule has 90 valence electrons. The van der Waals surface area contributed by atoms with Crippen LogP contribution in [0.15, 0.2) is 35.4 Å². The number of methoxy groups -OCH3 is 1. The van der Waals surface area contributed by atoms with Crippen molar-refractivity contribution in [1.82, 2.24) is 4.90 Å². The number of rotatable bonds is 4. The van der Waals surface area contributed by atoms with E-state index >= 15 is 0 Å². The molecule has 0 N–H and O–H groups in total. The van der Waals surface area contributed by atoms with Gasteiger partial charge in [0.25, 0.3) is 0 Å². The van der Waals surface area contributed by atoms with Crippen LogP contribution in [0.2, 0.25) is 0 Å². The zero-order valence-corrected chi connectivity index (χ0v) is 10.7. The molecule has 0 saturated carbocycles. The summed E-state index contributed by atoms with van der Waals surface area (Å²) in [6, 6.07) is 7.55. The lowest BCUT2D eigenvalue weighted by Crippen LogP contribution is -2.06. The third kappa shape index (κ3) is 2.53. The predicted molar refractivity (Wildman–Crippen MR) is 69.9 cm³/mol. The van der Waals surface area contributed by atoms with Crippen LogP contribution in [0.25, 0.3) is 0 Å². The number of carbonyl (C=O) groups excluding carboxylic acids is 1. The molecule has 1 atom stereocenters. The van der Waals surface area contributed by atoms with Gasteiger partial charge in [-0.05, 0) is 5.56 Å². The highest BCUT2D eigenvalue weighted by Crippen LogP contribution is 2.38. The summed E-state index contributed by atoms with van der Waals surface area (Å²) in [4.78, 5) is 14.3. The van der Waals surface area contributed by atoms with Crippen molar-refractivity contribution in [1.29, 1.82) is 0 Å². The van der Waals surface area contributed by atoms with Gasteiger partial charge >= 0.3 is 0 Å². The molecule has 0 bridgehead atoms. The lowest BCUT2D eigenvalue weighted by Gasteiger charge is -2.17. The van der Waals surface area contributed by atoms with Gasteiger partial charge in [0.2, 0.25) is 0 Å². The highest BCUT2D eigenvalue weighted by molar-refractivity contribution is 8.03. The number of hydrogen-bond acceptors (Lipinski definition) is 4. The first-order valence-electron chi connectivity index (χ1n) is 5.38. The van der Waals surface area contributed by atoms with Crippen LogP contribution in [0.5, 0.6) is 0 Å². The molecule has 0 saturated heterocycles. The molecule has 1 aromatic carbocycles. The van der Waals surface area contributed by atoms with Gasteiger partial charge in [0.15, 0.2) is 0 Å². The van der Waals surface area contributed by atoms with Gasteiger partial charge in [-0.1, -0.05) is 24.3 Å². The molecule has 0 aliphatic carbocycles. The molecule has 4 heteroatoms. The van der Waals surface area contributed by atoms with Crippen LogP contribution in [-0.2, 0) is 4.74 Å². The number of benzene rings is 1. The van der Waals surface area contributed by atoms with Crippen LogP contribution in [-0.4, -0.2) is 31.2 Å². The summed E-state index contributed by atoms with van der Waals surface area (Å²) in [6.45, 7) is 0. The van der Waals surface area contributed by atoms with Crippen molar-refractivity contribution in [2.75, 3.05) is 20.0 Å². The Morgan fingerprint density at radius 3 is 2.82 bits per heavy atom. The summed E-state index contributed by atoms with van der Waals surface area (Å²) >= 11 is 1.74. The number of nitrogens with zero attached hydrogens (tertiary/aromatic N) is 1. The minimum atomic E-state index is -0.147. The first-order valence-corrected chi connectivity index (χ1v) is 6.36. The molecule has 0 amide bonds. The average molecular weight is 249 g/mol. The topological polar surface area (TPSA) is 29.5 Å². The molecule has 3 nitrogen and oxygen atoms in total. The molecule has 0 spiro atoms. The van der Waals surface area contributed by atoms with Gasteiger partial charge in [-0.2, -0.15) is 0 Å². The number of aldehydes is 1. The van der Waals surface area contributed by atoms with E-state index in [0.29, 0.717) is 5.56 Å². The Kier molecular flexibility index (Phi) is 3.86. The van der Waals surface area contributed by atoms with Crippen LogP contribution in [0.4, 0.5) is 0 Å². The summed E-state index contributed by atoms with van der Waals surface area (Å²) in [6.07, 6.45) is 2.80. The fourth-order valence-corrected chi connectivity index (χ4v) is 2.92.